The fourth-order valence-corrected chi connectivity index (χ4v) is 2.04. The van der Waals surface area contributed by atoms with E-state index >= 15 is 0 Å². The van der Waals surface area contributed by atoms with Crippen molar-refractivity contribution in [2.75, 3.05) is 6.61 Å². The van der Waals surface area contributed by atoms with Gasteiger partial charge in [-0.2, -0.15) is 5.26 Å². The molecule has 0 saturated heterocycles. The van der Waals surface area contributed by atoms with Crippen LogP contribution in [0.3, 0.4) is 0 Å². The predicted molar refractivity (Wildman–Crippen MR) is 69.7 cm³/mol. The average molecular weight is 238 g/mol. The Balaban J connectivity index is 2.12. The van der Waals surface area contributed by atoms with E-state index in [9.17, 15) is 5.26 Å². The van der Waals surface area contributed by atoms with Gasteiger partial charge in [-0.3, -0.25) is 5.32 Å². The number of hydrogen-bond acceptors (Lipinski definition) is 3. The molecule has 17 heavy (non-hydrogen) atoms. The zero-order valence-electron chi connectivity index (χ0n) is 11.5. The molecule has 2 unspecified atom stereocenters. The summed E-state index contributed by atoms with van der Waals surface area (Å²) in [5.41, 5.74) is -0.363. The lowest BCUT2D eigenvalue weighted by Crippen LogP contribution is -2.42. The molecule has 1 aliphatic rings. The fraction of sp³-hybridized carbons (Fsp3) is 0.929. The van der Waals surface area contributed by atoms with Gasteiger partial charge < -0.3 is 4.74 Å². The Labute approximate surface area is 106 Å². The third kappa shape index (κ3) is 6.05. The third-order valence-corrected chi connectivity index (χ3v) is 3.27. The molecular formula is C14H26N2O. The number of rotatable bonds is 9. The number of hydrogen-bond donors (Lipinski definition) is 1. The predicted octanol–water partition coefficient (Wildman–Crippen LogP) is 3.01. The van der Waals surface area contributed by atoms with Gasteiger partial charge in [0, 0.05) is 12.6 Å². The highest BCUT2D eigenvalue weighted by Crippen LogP contribution is 2.24. The molecule has 3 nitrogen and oxygen atoms in total. The second-order valence-corrected chi connectivity index (χ2v) is 5.44. The van der Waals surface area contributed by atoms with Crippen LogP contribution in [0.25, 0.3) is 0 Å². The highest BCUT2D eigenvalue weighted by molar-refractivity contribution is 5.06. The van der Waals surface area contributed by atoms with Crippen molar-refractivity contribution in [1.82, 2.24) is 5.32 Å². The molecule has 0 aromatic rings. The van der Waals surface area contributed by atoms with Crippen LogP contribution in [0.15, 0.2) is 0 Å². The third-order valence-electron chi connectivity index (χ3n) is 3.27. The summed E-state index contributed by atoms with van der Waals surface area (Å²) in [4.78, 5) is 0. The van der Waals surface area contributed by atoms with Crippen molar-refractivity contribution in [1.29, 1.82) is 5.26 Å². The van der Waals surface area contributed by atoms with Crippen LogP contribution in [0, 0.1) is 11.3 Å². The van der Waals surface area contributed by atoms with Crippen LogP contribution in [0.5, 0.6) is 0 Å². The Kier molecular flexibility index (Phi) is 5.94. The Morgan fingerprint density at radius 2 is 2.24 bits per heavy atom. The van der Waals surface area contributed by atoms with E-state index < -0.39 is 0 Å². The monoisotopic (exact) mass is 238 g/mol. The lowest BCUT2D eigenvalue weighted by molar-refractivity contribution is 0.0550. The second kappa shape index (κ2) is 6.98. The molecule has 0 radical (unpaired) electrons. The first kappa shape index (κ1) is 14.5. The van der Waals surface area contributed by atoms with Crippen LogP contribution in [-0.2, 0) is 4.74 Å². The van der Waals surface area contributed by atoms with Crippen LogP contribution in [-0.4, -0.2) is 24.3 Å². The zero-order chi connectivity index (χ0) is 12.7. The van der Waals surface area contributed by atoms with Crippen molar-refractivity contribution in [2.45, 2.75) is 77.0 Å². The molecule has 1 fully saturated rings. The van der Waals surface area contributed by atoms with E-state index in [1.807, 2.05) is 6.92 Å². The van der Waals surface area contributed by atoms with E-state index in [4.69, 9.17) is 4.74 Å². The molecule has 0 amide bonds. The molecule has 0 aromatic carbocycles. The maximum absolute atomic E-state index is 9.20. The lowest BCUT2D eigenvalue weighted by Gasteiger charge is -2.23. The van der Waals surface area contributed by atoms with Crippen molar-refractivity contribution in [3.63, 3.8) is 0 Å². The van der Waals surface area contributed by atoms with Gasteiger partial charge in [0.05, 0.1) is 12.2 Å². The van der Waals surface area contributed by atoms with Gasteiger partial charge in [0.15, 0.2) is 0 Å². The molecule has 1 aliphatic carbocycles. The van der Waals surface area contributed by atoms with E-state index in [1.54, 1.807) is 0 Å². The topological polar surface area (TPSA) is 45.0 Å². The Morgan fingerprint density at radius 3 is 2.76 bits per heavy atom. The van der Waals surface area contributed by atoms with Gasteiger partial charge in [0.2, 0.25) is 0 Å². The molecule has 98 valence electrons. The molecule has 2 atom stereocenters. The molecular weight excluding hydrogens is 212 g/mol. The van der Waals surface area contributed by atoms with Gasteiger partial charge in [0.25, 0.3) is 0 Å². The number of nitrogens with one attached hydrogen (secondary N) is 1. The Hall–Kier alpha value is -0.590. The Bertz CT molecular complexity index is 257. The fourth-order valence-electron chi connectivity index (χ4n) is 2.04. The van der Waals surface area contributed by atoms with Gasteiger partial charge in [-0.1, -0.05) is 13.3 Å². The number of nitrogens with zero attached hydrogens (tertiary/aromatic N) is 1. The summed E-state index contributed by atoms with van der Waals surface area (Å²) < 4.78 is 5.71. The van der Waals surface area contributed by atoms with Crippen LogP contribution < -0.4 is 5.32 Å². The largest absolute Gasteiger partial charge is 0.379 e. The molecule has 0 spiro atoms. The first-order chi connectivity index (χ1) is 8.09. The minimum atomic E-state index is -0.363. The maximum Gasteiger partial charge on any atom is 0.104 e. The molecule has 1 N–H and O–H groups in total. The molecule has 1 rings (SSSR count). The normalized spacial score (nSPS) is 20.6. The van der Waals surface area contributed by atoms with E-state index in [1.165, 1.54) is 19.3 Å². The zero-order valence-corrected chi connectivity index (χ0v) is 11.5. The summed E-state index contributed by atoms with van der Waals surface area (Å²) in [6, 6.07) is 2.98. The summed E-state index contributed by atoms with van der Waals surface area (Å²) >= 11 is 0. The molecule has 1 saturated carbocycles. The minimum Gasteiger partial charge on any atom is -0.379 e. The van der Waals surface area contributed by atoms with Crippen molar-refractivity contribution < 1.29 is 4.74 Å². The van der Waals surface area contributed by atoms with Gasteiger partial charge in [-0.15, -0.1) is 0 Å². The van der Waals surface area contributed by atoms with Crippen molar-refractivity contribution in [2.24, 2.45) is 0 Å². The van der Waals surface area contributed by atoms with E-state index in [0.717, 1.165) is 25.9 Å². The first-order valence-electron chi connectivity index (χ1n) is 6.90. The molecule has 0 bridgehead atoms. The molecule has 3 heteroatoms. The van der Waals surface area contributed by atoms with E-state index in [2.05, 4.69) is 25.2 Å². The van der Waals surface area contributed by atoms with Crippen molar-refractivity contribution >= 4 is 0 Å². The molecule has 0 aromatic heterocycles. The molecule has 0 heterocycles. The van der Waals surface area contributed by atoms with Crippen LogP contribution in [0.4, 0.5) is 0 Å². The second-order valence-electron chi connectivity index (χ2n) is 5.44. The highest BCUT2D eigenvalue weighted by atomic mass is 16.5. The number of ether oxygens (including phenoxy) is 1. The minimum absolute atomic E-state index is 0.352. The highest BCUT2D eigenvalue weighted by Gasteiger charge is 2.31. The van der Waals surface area contributed by atoms with Crippen molar-refractivity contribution in [3.05, 3.63) is 0 Å². The van der Waals surface area contributed by atoms with Gasteiger partial charge in [-0.25, -0.2) is 0 Å². The van der Waals surface area contributed by atoms with E-state index in [-0.39, 0.29) is 5.54 Å². The van der Waals surface area contributed by atoms with Gasteiger partial charge >= 0.3 is 0 Å². The van der Waals surface area contributed by atoms with Crippen molar-refractivity contribution in [3.8, 4) is 6.07 Å². The molecule has 0 aliphatic heterocycles. The van der Waals surface area contributed by atoms with Crippen LogP contribution in [0.2, 0.25) is 0 Å². The SMILES string of the molecule is CCCC(C)OCCCC(C)(C#N)NC1CC1. The lowest BCUT2D eigenvalue weighted by atomic mass is 9.98. The summed E-state index contributed by atoms with van der Waals surface area (Å²) in [7, 11) is 0. The standard InChI is InChI=1S/C14H26N2O/c1-4-6-12(2)17-10-5-9-14(3,11-15)16-13-7-8-13/h12-13,16H,4-10H2,1-3H3. The summed E-state index contributed by atoms with van der Waals surface area (Å²) in [6.45, 7) is 7.06. The summed E-state index contributed by atoms with van der Waals surface area (Å²) in [5.74, 6) is 0. The summed E-state index contributed by atoms with van der Waals surface area (Å²) in [5, 5.41) is 12.6. The average Bonchev–Trinajstić information content (AvgIpc) is 3.09. The first-order valence-corrected chi connectivity index (χ1v) is 6.90. The van der Waals surface area contributed by atoms with Crippen LogP contribution in [0.1, 0.15) is 59.3 Å². The van der Waals surface area contributed by atoms with Gasteiger partial charge in [0.1, 0.15) is 5.54 Å². The Morgan fingerprint density at radius 1 is 1.53 bits per heavy atom. The van der Waals surface area contributed by atoms with Gasteiger partial charge in [-0.05, 0) is 46.0 Å². The quantitative estimate of drug-likeness (QED) is 0.628. The summed E-state index contributed by atoms with van der Waals surface area (Å²) in [6.07, 6.45) is 6.92. The van der Waals surface area contributed by atoms with E-state index in [0.29, 0.717) is 12.1 Å². The number of nitriles is 1. The van der Waals surface area contributed by atoms with Crippen LogP contribution >= 0.6 is 0 Å². The maximum atomic E-state index is 9.20. The smallest absolute Gasteiger partial charge is 0.104 e.